The predicted molar refractivity (Wildman–Crippen MR) is 126 cm³/mol. The molecule has 0 aliphatic heterocycles. The largest absolute Gasteiger partial charge is 0.493 e. The van der Waals surface area contributed by atoms with Crippen LogP contribution in [-0.2, 0) is 9.59 Å². The van der Waals surface area contributed by atoms with Crippen molar-refractivity contribution in [1.82, 2.24) is 10.9 Å². The fourth-order valence-corrected chi connectivity index (χ4v) is 3.23. The van der Waals surface area contributed by atoms with Crippen molar-refractivity contribution in [1.29, 1.82) is 0 Å². The Hall–Kier alpha value is -3.20. The van der Waals surface area contributed by atoms with Gasteiger partial charge < -0.3 is 14.8 Å². The first-order valence-corrected chi connectivity index (χ1v) is 11.3. The molecule has 9 heteroatoms. The van der Waals surface area contributed by atoms with Crippen LogP contribution in [0.15, 0.2) is 42.5 Å². The summed E-state index contributed by atoms with van der Waals surface area (Å²) in [6.07, 6.45) is 0.848. The van der Waals surface area contributed by atoms with Crippen LogP contribution in [0.2, 0.25) is 0 Å². The summed E-state index contributed by atoms with van der Waals surface area (Å²) in [5.41, 5.74) is 6.87. The van der Waals surface area contributed by atoms with E-state index < -0.39 is 17.1 Å². The number of hydrazine groups is 1. The molecule has 0 saturated carbocycles. The lowest BCUT2D eigenvalue weighted by molar-refractivity contribution is -0.121. The van der Waals surface area contributed by atoms with E-state index in [0.717, 1.165) is 12.0 Å². The highest BCUT2D eigenvalue weighted by atomic mass is 32.2. The van der Waals surface area contributed by atoms with Crippen LogP contribution in [0.5, 0.6) is 11.5 Å². The van der Waals surface area contributed by atoms with Gasteiger partial charge in [0.1, 0.15) is 0 Å². The molecule has 0 spiro atoms. The Balaban J connectivity index is 1.80. The van der Waals surface area contributed by atoms with Crippen LogP contribution in [0, 0.1) is 6.92 Å². The summed E-state index contributed by atoms with van der Waals surface area (Å²) in [6, 6.07) is 12.2. The average molecular weight is 460 g/mol. The number of benzene rings is 2. The Morgan fingerprint density at radius 2 is 1.75 bits per heavy atom. The lowest BCUT2D eigenvalue weighted by Gasteiger charge is -2.14. The number of nitrogens with one attached hydrogen (secondary N) is 3. The van der Waals surface area contributed by atoms with Gasteiger partial charge in [0, 0.05) is 11.3 Å². The van der Waals surface area contributed by atoms with E-state index in [9.17, 15) is 14.4 Å². The van der Waals surface area contributed by atoms with Gasteiger partial charge in [0.2, 0.25) is 5.91 Å². The van der Waals surface area contributed by atoms with E-state index in [1.807, 2.05) is 38.1 Å². The number of thioether (sulfide) groups is 1. The highest BCUT2D eigenvalue weighted by Crippen LogP contribution is 2.28. The molecule has 0 heterocycles. The van der Waals surface area contributed by atoms with Crippen LogP contribution in [0.3, 0.4) is 0 Å². The molecule has 0 fully saturated rings. The maximum absolute atomic E-state index is 12.4. The molecular weight excluding hydrogens is 430 g/mol. The molecule has 0 aliphatic rings. The number of hydrogen-bond donors (Lipinski definition) is 3. The van der Waals surface area contributed by atoms with E-state index >= 15 is 0 Å². The van der Waals surface area contributed by atoms with Crippen molar-refractivity contribution in [3.63, 3.8) is 0 Å². The quantitative estimate of drug-likeness (QED) is 0.471. The summed E-state index contributed by atoms with van der Waals surface area (Å²) >= 11 is 1.17. The Bertz CT molecular complexity index is 934. The molecule has 2 rings (SSSR count). The molecule has 0 aliphatic carbocycles. The second-order valence-corrected chi connectivity index (χ2v) is 8.35. The number of carbonyl (C=O) groups excluding carboxylic acids is 3. The summed E-state index contributed by atoms with van der Waals surface area (Å²) in [5.74, 6) is -0.0356. The highest BCUT2D eigenvalue weighted by Gasteiger charge is 2.17. The molecule has 0 saturated heterocycles. The second-order valence-electron chi connectivity index (χ2n) is 7.02. The molecular formula is C23H29N3O5S. The van der Waals surface area contributed by atoms with Crippen molar-refractivity contribution in [2.24, 2.45) is 0 Å². The van der Waals surface area contributed by atoms with E-state index in [-0.39, 0.29) is 11.7 Å². The van der Waals surface area contributed by atoms with E-state index in [0.29, 0.717) is 29.4 Å². The highest BCUT2D eigenvalue weighted by molar-refractivity contribution is 8.01. The van der Waals surface area contributed by atoms with Gasteiger partial charge in [0.05, 0.1) is 24.7 Å². The number of anilines is 1. The number of carbonyl (C=O) groups is 3. The minimum atomic E-state index is -0.543. The third kappa shape index (κ3) is 7.81. The number of methoxy groups -OCH3 is 1. The van der Waals surface area contributed by atoms with E-state index in [4.69, 9.17) is 9.47 Å². The van der Waals surface area contributed by atoms with Gasteiger partial charge in [0.15, 0.2) is 11.5 Å². The van der Waals surface area contributed by atoms with Crippen LogP contribution in [0.25, 0.3) is 0 Å². The summed E-state index contributed by atoms with van der Waals surface area (Å²) in [7, 11) is 1.49. The topological polar surface area (TPSA) is 106 Å². The SMILES string of the molecule is CCCOc1ccc(C(=O)NNC(=O)C(C)SCC(=O)Nc2ccc(C)cc2)cc1OC. The normalized spacial score (nSPS) is 11.2. The fraction of sp³-hybridized carbons (Fsp3) is 0.348. The van der Waals surface area contributed by atoms with Gasteiger partial charge in [-0.15, -0.1) is 11.8 Å². The van der Waals surface area contributed by atoms with E-state index in [1.165, 1.54) is 18.9 Å². The average Bonchev–Trinajstić information content (AvgIpc) is 2.80. The maximum atomic E-state index is 12.4. The first-order valence-electron chi connectivity index (χ1n) is 10.2. The van der Waals surface area contributed by atoms with Crippen LogP contribution in [0.1, 0.15) is 36.2 Å². The number of ether oxygens (including phenoxy) is 2. The zero-order valence-electron chi connectivity index (χ0n) is 18.7. The van der Waals surface area contributed by atoms with Crippen molar-refractivity contribution in [2.45, 2.75) is 32.4 Å². The van der Waals surface area contributed by atoms with Crippen LogP contribution in [-0.4, -0.2) is 42.4 Å². The van der Waals surface area contributed by atoms with Gasteiger partial charge >= 0.3 is 0 Å². The zero-order chi connectivity index (χ0) is 23.5. The van der Waals surface area contributed by atoms with Gasteiger partial charge in [0.25, 0.3) is 11.8 Å². The summed E-state index contributed by atoms with van der Waals surface area (Å²) in [4.78, 5) is 36.7. The van der Waals surface area contributed by atoms with Gasteiger partial charge in [-0.05, 0) is 50.6 Å². The minimum absolute atomic E-state index is 0.104. The summed E-state index contributed by atoms with van der Waals surface area (Å²) in [5, 5.41) is 2.24. The lowest BCUT2D eigenvalue weighted by atomic mass is 10.2. The van der Waals surface area contributed by atoms with Crippen molar-refractivity contribution in [2.75, 3.05) is 24.8 Å². The van der Waals surface area contributed by atoms with E-state index in [1.54, 1.807) is 25.1 Å². The molecule has 2 aromatic rings. The minimum Gasteiger partial charge on any atom is -0.493 e. The Morgan fingerprint density at radius 1 is 1.03 bits per heavy atom. The molecule has 0 aromatic heterocycles. The van der Waals surface area contributed by atoms with Crippen LogP contribution >= 0.6 is 11.8 Å². The van der Waals surface area contributed by atoms with Crippen LogP contribution < -0.4 is 25.6 Å². The number of hydrogen-bond acceptors (Lipinski definition) is 6. The molecule has 3 amide bonds. The molecule has 1 atom stereocenters. The molecule has 32 heavy (non-hydrogen) atoms. The number of rotatable bonds is 10. The van der Waals surface area contributed by atoms with Gasteiger partial charge in [-0.3, -0.25) is 25.2 Å². The van der Waals surface area contributed by atoms with Crippen LogP contribution in [0.4, 0.5) is 5.69 Å². The van der Waals surface area contributed by atoms with Crippen molar-refractivity contribution < 1.29 is 23.9 Å². The first kappa shape index (κ1) is 25.1. The molecule has 0 radical (unpaired) electrons. The molecule has 8 nitrogen and oxygen atoms in total. The van der Waals surface area contributed by atoms with Gasteiger partial charge in [-0.25, -0.2) is 0 Å². The predicted octanol–water partition coefficient (Wildman–Crippen LogP) is 3.31. The van der Waals surface area contributed by atoms with Crippen molar-refractivity contribution >= 4 is 35.2 Å². The van der Waals surface area contributed by atoms with Crippen molar-refractivity contribution in [3.05, 3.63) is 53.6 Å². The Labute approximate surface area is 192 Å². The standard InChI is InChI=1S/C23H29N3O5S/c1-5-12-31-19-11-8-17(13-20(19)30-4)23(29)26-25-22(28)16(3)32-14-21(27)24-18-9-6-15(2)7-10-18/h6-11,13,16H,5,12,14H2,1-4H3,(H,24,27)(H,25,28)(H,26,29). The Morgan fingerprint density at radius 3 is 2.41 bits per heavy atom. The molecule has 2 aromatic carbocycles. The zero-order valence-corrected chi connectivity index (χ0v) is 19.5. The second kappa shape index (κ2) is 12.6. The fourth-order valence-electron chi connectivity index (χ4n) is 2.54. The smallest absolute Gasteiger partial charge is 0.269 e. The number of amides is 3. The van der Waals surface area contributed by atoms with Gasteiger partial charge in [-0.1, -0.05) is 24.6 Å². The first-order chi connectivity index (χ1) is 15.3. The van der Waals surface area contributed by atoms with Gasteiger partial charge in [-0.2, -0.15) is 0 Å². The van der Waals surface area contributed by atoms with Crippen molar-refractivity contribution in [3.8, 4) is 11.5 Å². The summed E-state index contributed by atoms with van der Waals surface area (Å²) < 4.78 is 10.8. The maximum Gasteiger partial charge on any atom is 0.269 e. The molecule has 172 valence electrons. The molecule has 0 bridgehead atoms. The number of aryl methyl sites for hydroxylation is 1. The third-order valence-corrected chi connectivity index (χ3v) is 5.50. The molecule has 1 unspecified atom stereocenters. The summed E-state index contributed by atoms with van der Waals surface area (Å²) in [6.45, 7) is 6.16. The third-order valence-electron chi connectivity index (χ3n) is 4.36. The Kier molecular flexibility index (Phi) is 9.87. The van der Waals surface area contributed by atoms with E-state index in [2.05, 4.69) is 16.2 Å². The monoisotopic (exact) mass is 459 g/mol. The lowest BCUT2D eigenvalue weighted by Crippen LogP contribution is -2.45. The molecule has 3 N–H and O–H groups in total.